The number of carbonyl (C=O) groups excluding carboxylic acids is 3. The minimum Gasteiger partial charge on any atom is -0.455 e. The number of benzene rings is 2. The Morgan fingerprint density at radius 1 is 1.04 bits per heavy atom. The maximum Gasteiger partial charge on any atom is 0.309 e. The van der Waals surface area contributed by atoms with Crippen molar-refractivity contribution in [2.75, 3.05) is 11.9 Å². The Bertz CT molecular complexity index is 847. The summed E-state index contributed by atoms with van der Waals surface area (Å²) in [5, 5.41) is 5.59. The summed E-state index contributed by atoms with van der Waals surface area (Å²) in [6, 6.07) is 16.2. The maximum absolute atomic E-state index is 12.7. The van der Waals surface area contributed by atoms with E-state index in [1.54, 1.807) is 24.3 Å². The SMILES string of the molecule is C[C@@H](NC(=O)c1ccccc1NC(=O)COC(=O)C1CCC1)c1ccccc1. The molecule has 0 radical (unpaired) electrons. The molecule has 1 fully saturated rings. The fourth-order valence-electron chi connectivity index (χ4n) is 2.97. The molecule has 0 aromatic heterocycles. The fraction of sp³-hybridized carbons (Fsp3) is 0.318. The molecule has 1 saturated carbocycles. The first-order chi connectivity index (χ1) is 13.5. The Labute approximate surface area is 164 Å². The molecular formula is C22H24N2O4. The van der Waals surface area contributed by atoms with Gasteiger partial charge < -0.3 is 15.4 Å². The van der Waals surface area contributed by atoms with Crippen molar-refractivity contribution in [3.63, 3.8) is 0 Å². The van der Waals surface area contributed by atoms with E-state index in [1.807, 2.05) is 37.3 Å². The third-order valence-electron chi connectivity index (χ3n) is 4.88. The predicted octanol–water partition coefficient (Wildman–Crippen LogP) is 3.46. The van der Waals surface area contributed by atoms with E-state index in [1.165, 1.54) is 0 Å². The molecule has 0 aliphatic heterocycles. The average Bonchev–Trinajstić information content (AvgIpc) is 2.66. The minimum absolute atomic E-state index is 0.0784. The van der Waals surface area contributed by atoms with Gasteiger partial charge in [0.15, 0.2) is 6.61 Å². The number of anilines is 1. The van der Waals surface area contributed by atoms with E-state index in [4.69, 9.17) is 4.74 Å². The lowest BCUT2D eigenvalue weighted by atomic mass is 9.86. The molecule has 1 aliphatic carbocycles. The maximum atomic E-state index is 12.7. The molecule has 0 heterocycles. The van der Waals surface area contributed by atoms with Gasteiger partial charge in [-0.25, -0.2) is 0 Å². The second kappa shape index (κ2) is 9.17. The number of carbonyl (C=O) groups is 3. The number of hydrogen-bond donors (Lipinski definition) is 2. The molecule has 2 aromatic carbocycles. The van der Waals surface area contributed by atoms with Gasteiger partial charge in [-0.1, -0.05) is 48.9 Å². The minimum atomic E-state index is -0.468. The first-order valence-corrected chi connectivity index (χ1v) is 9.46. The van der Waals surface area contributed by atoms with Crippen LogP contribution >= 0.6 is 0 Å². The van der Waals surface area contributed by atoms with E-state index < -0.39 is 5.91 Å². The summed E-state index contributed by atoms with van der Waals surface area (Å²) in [7, 11) is 0. The summed E-state index contributed by atoms with van der Waals surface area (Å²) in [6.07, 6.45) is 2.67. The zero-order valence-electron chi connectivity index (χ0n) is 15.8. The molecule has 0 bridgehead atoms. The van der Waals surface area contributed by atoms with Gasteiger partial charge in [-0.2, -0.15) is 0 Å². The van der Waals surface area contributed by atoms with Crippen LogP contribution in [0.1, 0.15) is 48.1 Å². The summed E-state index contributed by atoms with van der Waals surface area (Å²) >= 11 is 0. The number of para-hydroxylation sites is 1. The molecule has 2 N–H and O–H groups in total. The monoisotopic (exact) mass is 380 g/mol. The smallest absolute Gasteiger partial charge is 0.309 e. The standard InChI is InChI=1S/C22H24N2O4/c1-15(16-8-3-2-4-9-16)23-21(26)18-12-5-6-13-19(18)24-20(25)14-28-22(27)17-10-7-11-17/h2-6,8-9,12-13,15,17H,7,10-11,14H2,1H3,(H,23,26)(H,24,25)/t15-/m1/s1. The van der Waals surface area contributed by atoms with Crippen molar-refractivity contribution < 1.29 is 19.1 Å². The van der Waals surface area contributed by atoms with E-state index in [9.17, 15) is 14.4 Å². The van der Waals surface area contributed by atoms with Crippen LogP contribution in [0.5, 0.6) is 0 Å². The Balaban J connectivity index is 1.59. The molecule has 28 heavy (non-hydrogen) atoms. The van der Waals surface area contributed by atoms with Crippen LogP contribution in [0, 0.1) is 5.92 Å². The molecule has 0 unspecified atom stereocenters. The van der Waals surface area contributed by atoms with Crippen molar-refractivity contribution in [2.24, 2.45) is 5.92 Å². The second-order valence-corrected chi connectivity index (χ2v) is 6.94. The van der Waals surface area contributed by atoms with Gasteiger partial charge >= 0.3 is 5.97 Å². The van der Waals surface area contributed by atoms with Gasteiger partial charge in [0.25, 0.3) is 11.8 Å². The van der Waals surface area contributed by atoms with Crippen molar-refractivity contribution in [1.29, 1.82) is 0 Å². The quantitative estimate of drug-likeness (QED) is 0.721. The van der Waals surface area contributed by atoms with Gasteiger partial charge in [0.05, 0.1) is 23.2 Å². The van der Waals surface area contributed by atoms with Crippen LogP contribution in [0.15, 0.2) is 54.6 Å². The molecule has 146 valence electrons. The molecule has 2 aromatic rings. The average molecular weight is 380 g/mol. The number of amides is 2. The summed E-state index contributed by atoms with van der Waals surface area (Å²) in [5.74, 6) is -1.17. The zero-order chi connectivity index (χ0) is 19.9. The predicted molar refractivity (Wildman–Crippen MR) is 106 cm³/mol. The van der Waals surface area contributed by atoms with Crippen molar-refractivity contribution in [3.05, 3.63) is 65.7 Å². The van der Waals surface area contributed by atoms with E-state index in [0.717, 1.165) is 24.8 Å². The highest BCUT2D eigenvalue weighted by atomic mass is 16.5. The third-order valence-corrected chi connectivity index (χ3v) is 4.88. The molecule has 0 saturated heterocycles. The molecular weight excluding hydrogens is 356 g/mol. The van der Waals surface area contributed by atoms with Gasteiger partial charge in [0.2, 0.25) is 0 Å². The van der Waals surface area contributed by atoms with Crippen LogP contribution in [-0.2, 0) is 14.3 Å². The van der Waals surface area contributed by atoms with E-state index in [2.05, 4.69) is 10.6 Å². The van der Waals surface area contributed by atoms with Crippen LogP contribution in [-0.4, -0.2) is 24.4 Å². The first-order valence-electron chi connectivity index (χ1n) is 9.46. The highest BCUT2D eigenvalue weighted by molar-refractivity contribution is 6.04. The number of nitrogens with one attached hydrogen (secondary N) is 2. The molecule has 3 rings (SSSR count). The van der Waals surface area contributed by atoms with Gasteiger partial charge in [-0.3, -0.25) is 14.4 Å². The topological polar surface area (TPSA) is 84.5 Å². The Hall–Kier alpha value is -3.15. The highest BCUT2D eigenvalue weighted by Crippen LogP contribution is 2.27. The van der Waals surface area contributed by atoms with Gasteiger partial charge in [0, 0.05) is 0 Å². The van der Waals surface area contributed by atoms with E-state index in [-0.39, 0.29) is 30.4 Å². The summed E-state index contributed by atoms with van der Waals surface area (Å²) in [5.41, 5.74) is 1.72. The number of hydrogen-bond acceptors (Lipinski definition) is 4. The normalized spacial score (nSPS) is 14.5. The van der Waals surface area contributed by atoms with Crippen LogP contribution < -0.4 is 10.6 Å². The molecule has 1 atom stereocenters. The van der Waals surface area contributed by atoms with Crippen LogP contribution in [0.3, 0.4) is 0 Å². The number of ether oxygens (including phenoxy) is 1. The van der Waals surface area contributed by atoms with Crippen LogP contribution in [0.2, 0.25) is 0 Å². The number of esters is 1. The van der Waals surface area contributed by atoms with E-state index >= 15 is 0 Å². The van der Waals surface area contributed by atoms with Crippen LogP contribution in [0.4, 0.5) is 5.69 Å². The lowest BCUT2D eigenvalue weighted by Gasteiger charge is -2.22. The van der Waals surface area contributed by atoms with Crippen molar-refractivity contribution in [3.8, 4) is 0 Å². The Morgan fingerprint density at radius 2 is 1.71 bits per heavy atom. The lowest BCUT2D eigenvalue weighted by Crippen LogP contribution is -2.30. The van der Waals surface area contributed by atoms with Gasteiger partial charge in [0.1, 0.15) is 0 Å². The third kappa shape index (κ3) is 4.97. The molecule has 6 heteroatoms. The second-order valence-electron chi connectivity index (χ2n) is 6.94. The lowest BCUT2D eigenvalue weighted by molar-refractivity contribution is -0.154. The van der Waals surface area contributed by atoms with Gasteiger partial charge in [-0.05, 0) is 37.5 Å². The summed E-state index contributed by atoms with van der Waals surface area (Å²) < 4.78 is 5.05. The molecule has 2 amide bonds. The Morgan fingerprint density at radius 3 is 2.39 bits per heavy atom. The fourth-order valence-corrected chi connectivity index (χ4v) is 2.97. The van der Waals surface area contributed by atoms with Crippen molar-refractivity contribution in [2.45, 2.75) is 32.2 Å². The summed E-state index contributed by atoms with van der Waals surface area (Å²) in [6.45, 7) is 1.54. The number of rotatable bonds is 7. The van der Waals surface area contributed by atoms with Crippen molar-refractivity contribution in [1.82, 2.24) is 5.32 Å². The molecule has 1 aliphatic rings. The van der Waals surface area contributed by atoms with Gasteiger partial charge in [-0.15, -0.1) is 0 Å². The largest absolute Gasteiger partial charge is 0.455 e. The Kier molecular flexibility index (Phi) is 6.42. The molecule has 0 spiro atoms. The van der Waals surface area contributed by atoms with Crippen LogP contribution in [0.25, 0.3) is 0 Å². The zero-order valence-corrected chi connectivity index (χ0v) is 15.8. The molecule has 6 nitrogen and oxygen atoms in total. The van der Waals surface area contributed by atoms with Crippen molar-refractivity contribution >= 4 is 23.5 Å². The highest BCUT2D eigenvalue weighted by Gasteiger charge is 2.27. The van der Waals surface area contributed by atoms with E-state index in [0.29, 0.717) is 11.3 Å². The summed E-state index contributed by atoms with van der Waals surface area (Å²) in [4.78, 5) is 36.6. The first kappa shape index (κ1) is 19.6.